The number of hydrogen-bond donors (Lipinski definition) is 3. The molecule has 0 radical (unpaired) electrons. The Labute approximate surface area is 147 Å². The van der Waals surface area contributed by atoms with Gasteiger partial charge in [-0.15, -0.1) is 13.2 Å². The molecule has 0 atom stereocenters. The molecule has 2 aromatic rings. The second-order valence-corrected chi connectivity index (χ2v) is 5.14. The van der Waals surface area contributed by atoms with Crippen LogP contribution in [0.15, 0.2) is 54.6 Å². The zero-order valence-electron chi connectivity index (χ0n) is 13.5. The van der Waals surface area contributed by atoms with E-state index in [1.165, 1.54) is 12.1 Å². The molecule has 3 amide bonds. The smallest absolute Gasteiger partial charge is 0.406 e. The van der Waals surface area contributed by atoms with Gasteiger partial charge in [-0.05, 0) is 29.8 Å². The number of rotatable bonds is 6. The van der Waals surface area contributed by atoms with Crippen LogP contribution in [0.3, 0.4) is 0 Å². The summed E-state index contributed by atoms with van der Waals surface area (Å²) in [4.78, 5) is 23.3. The molecular weight excluding hydrogens is 351 g/mol. The summed E-state index contributed by atoms with van der Waals surface area (Å²) in [5, 5.41) is 7.50. The Morgan fingerprint density at radius 3 is 2.19 bits per heavy atom. The van der Waals surface area contributed by atoms with Crippen LogP contribution in [0.4, 0.5) is 23.7 Å². The normalized spacial score (nSPS) is 10.7. The average molecular weight is 367 g/mol. The fourth-order valence-corrected chi connectivity index (χ4v) is 1.93. The highest BCUT2D eigenvalue weighted by molar-refractivity contribution is 5.92. The van der Waals surface area contributed by atoms with Crippen LogP contribution < -0.4 is 20.7 Å². The second kappa shape index (κ2) is 8.75. The van der Waals surface area contributed by atoms with Crippen LogP contribution in [0, 0.1) is 0 Å². The molecular formula is C17H16F3N3O3. The van der Waals surface area contributed by atoms with Gasteiger partial charge in [0.05, 0.1) is 6.54 Å². The zero-order chi connectivity index (χ0) is 19.0. The number of halogens is 3. The average Bonchev–Trinajstić information content (AvgIpc) is 2.59. The lowest BCUT2D eigenvalue weighted by atomic mass is 10.2. The van der Waals surface area contributed by atoms with Gasteiger partial charge in [0.1, 0.15) is 5.75 Å². The highest BCUT2D eigenvalue weighted by Gasteiger charge is 2.30. The van der Waals surface area contributed by atoms with Crippen molar-refractivity contribution in [3.63, 3.8) is 0 Å². The van der Waals surface area contributed by atoms with Crippen molar-refractivity contribution in [2.45, 2.75) is 12.9 Å². The van der Waals surface area contributed by atoms with E-state index in [1.807, 2.05) is 0 Å². The first-order valence-electron chi connectivity index (χ1n) is 7.53. The summed E-state index contributed by atoms with van der Waals surface area (Å²) in [5.41, 5.74) is 1.17. The van der Waals surface area contributed by atoms with E-state index in [9.17, 15) is 22.8 Å². The van der Waals surface area contributed by atoms with Crippen molar-refractivity contribution in [3.8, 4) is 5.75 Å². The topological polar surface area (TPSA) is 79.5 Å². The minimum absolute atomic E-state index is 0.104. The van der Waals surface area contributed by atoms with Crippen LogP contribution in [0.5, 0.6) is 5.75 Å². The first-order valence-corrected chi connectivity index (χ1v) is 7.53. The van der Waals surface area contributed by atoms with Gasteiger partial charge in [0.25, 0.3) is 0 Å². The van der Waals surface area contributed by atoms with Gasteiger partial charge in [0, 0.05) is 12.2 Å². The van der Waals surface area contributed by atoms with Gasteiger partial charge in [0.2, 0.25) is 5.91 Å². The molecule has 3 N–H and O–H groups in total. The molecule has 2 aromatic carbocycles. The number of hydrogen-bond acceptors (Lipinski definition) is 3. The van der Waals surface area contributed by atoms with E-state index in [1.54, 1.807) is 30.3 Å². The Morgan fingerprint density at radius 1 is 0.923 bits per heavy atom. The molecule has 0 aliphatic carbocycles. The Morgan fingerprint density at radius 2 is 1.58 bits per heavy atom. The summed E-state index contributed by atoms with van der Waals surface area (Å²) in [6, 6.07) is 13.3. The number of amides is 3. The van der Waals surface area contributed by atoms with E-state index in [2.05, 4.69) is 20.7 Å². The lowest BCUT2D eigenvalue weighted by Crippen LogP contribution is -2.38. The molecule has 0 aromatic heterocycles. The Balaban J connectivity index is 1.70. The molecule has 0 spiro atoms. The fraction of sp³-hybridized carbons (Fsp3) is 0.176. The van der Waals surface area contributed by atoms with Crippen LogP contribution in [-0.2, 0) is 11.3 Å². The Kier molecular flexibility index (Phi) is 6.42. The maximum Gasteiger partial charge on any atom is 0.573 e. The summed E-state index contributed by atoms with van der Waals surface area (Å²) >= 11 is 0. The van der Waals surface area contributed by atoms with Gasteiger partial charge < -0.3 is 20.7 Å². The molecule has 26 heavy (non-hydrogen) atoms. The number of alkyl halides is 3. The van der Waals surface area contributed by atoms with Crippen LogP contribution in [0.2, 0.25) is 0 Å². The monoisotopic (exact) mass is 367 g/mol. The van der Waals surface area contributed by atoms with Crippen molar-refractivity contribution in [2.24, 2.45) is 0 Å². The van der Waals surface area contributed by atoms with Gasteiger partial charge in [-0.1, -0.05) is 30.3 Å². The molecule has 2 rings (SSSR count). The number of anilines is 1. The lowest BCUT2D eigenvalue weighted by molar-refractivity contribution is -0.274. The van der Waals surface area contributed by atoms with Crippen molar-refractivity contribution in [3.05, 3.63) is 60.2 Å². The van der Waals surface area contributed by atoms with Gasteiger partial charge in [0.15, 0.2) is 0 Å². The molecule has 0 bridgehead atoms. The van der Waals surface area contributed by atoms with Crippen LogP contribution in [0.25, 0.3) is 0 Å². The van der Waals surface area contributed by atoms with E-state index in [4.69, 9.17) is 0 Å². The fourth-order valence-electron chi connectivity index (χ4n) is 1.93. The minimum atomic E-state index is -4.75. The van der Waals surface area contributed by atoms with Crippen LogP contribution in [-0.4, -0.2) is 24.8 Å². The summed E-state index contributed by atoms with van der Waals surface area (Å²) in [6.45, 7) is -0.138. The third-order valence-electron chi connectivity index (χ3n) is 3.09. The van der Waals surface area contributed by atoms with Crippen LogP contribution >= 0.6 is 0 Å². The molecule has 6 nitrogen and oxygen atoms in total. The molecule has 0 aliphatic heterocycles. The molecule has 0 aliphatic rings. The highest BCUT2D eigenvalue weighted by Crippen LogP contribution is 2.22. The van der Waals surface area contributed by atoms with Crippen molar-refractivity contribution in [2.75, 3.05) is 11.9 Å². The number of carbonyl (C=O) groups excluding carboxylic acids is 2. The standard InChI is InChI=1S/C17H16F3N3O3/c18-17(19,20)26-14-8-6-12(7-9-14)10-21-15(24)11-22-16(25)23-13-4-2-1-3-5-13/h1-9H,10-11H2,(H,21,24)(H2,22,23,25). The number of para-hydroxylation sites is 1. The van der Waals surface area contributed by atoms with Crippen LogP contribution in [0.1, 0.15) is 5.56 Å². The Bertz CT molecular complexity index is 734. The lowest BCUT2D eigenvalue weighted by Gasteiger charge is -2.10. The number of nitrogens with one attached hydrogen (secondary N) is 3. The van der Waals surface area contributed by atoms with Crippen molar-refractivity contribution in [1.29, 1.82) is 0 Å². The largest absolute Gasteiger partial charge is 0.573 e. The summed E-state index contributed by atoms with van der Waals surface area (Å²) in [7, 11) is 0. The number of urea groups is 1. The molecule has 0 saturated carbocycles. The second-order valence-electron chi connectivity index (χ2n) is 5.14. The van der Waals surface area contributed by atoms with E-state index in [-0.39, 0.29) is 18.8 Å². The Hall–Kier alpha value is -3.23. The number of benzene rings is 2. The quantitative estimate of drug-likeness (QED) is 0.734. The first-order chi connectivity index (χ1) is 12.3. The van der Waals surface area contributed by atoms with Crippen molar-refractivity contribution in [1.82, 2.24) is 10.6 Å². The van der Waals surface area contributed by atoms with E-state index in [0.29, 0.717) is 11.3 Å². The summed E-state index contributed by atoms with van der Waals surface area (Å²) < 4.78 is 39.9. The van der Waals surface area contributed by atoms with Gasteiger partial charge in [-0.25, -0.2) is 4.79 Å². The molecule has 0 heterocycles. The molecule has 0 saturated heterocycles. The van der Waals surface area contributed by atoms with E-state index < -0.39 is 18.3 Å². The highest BCUT2D eigenvalue weighted by atomic mass is 19.4. The van der Waals surface area contributed by atoms with Gasteiger partial charge in [-0.3, -0.25) is 4.79 Å². The molecule has 0 unspecified atom stereocenters. The molecule has 138 valence electrons. The molecule has 0 fully saturated rings. The van der Waals surface area contributed by atoms with Crippen molar-refractivity contribution < 1.29 is 27.5 Å². The number of carbonyl (C=O) groups is 2. The van der Waals surface area contributed by atoms with Crippen molar-refractivity contribution >= 4 is 17.6 Å². The number of ether oxygens (including phenoxy) is 1. The third kappa shape index (κ3) is 7.12. The molecule has 9 heteroatoms. The van der Waals surface area contributed by atoms with Gasteiger partial charge >= 0.3 is 12.4 Å². The minimum Gasteiger partial charge on any atom is -0.406 e. The zero-order valence-corrected chi connectivity index (χ0v) is 13.5. The third-order valence-corrected chi connectivity index (χ3v) is 3.09. The summed E-state index contributed by atoms with van der Waals surface area (Å²) in [5.74, 6) is -0.782. The SMILES string of the molecule is O=C(CNC(=O)Nc1ccccc1)NCc1ccc(OC(F)(F)F)cc1. The maximum absolute atomic E-state index is 12.1. The van der Waals surface area contributed by atoms with E-state index in [0.717, 1.165) is 12.1 Å². The maximum atomic E-state index is 12.1. The predicted octanol–water partition coefficient (Wildman–Crippen LogP) is 3.02. The van der Waals surface area contributed by atoms with Gasteiger partial charge in [-0.2, -0.15) is 0 Å². The predicted molar refractivity (Wildman–Crippen MR) is 88.4 cm³/mol. The first kappa shape index (κ1) is 19.1. The summed E-state index contributed by atoms with van der Waals surface area (Å²) in [6.07, 6.45) is -4.75. The van der Waals surface area contributed by atoms with E-state index >= 15 is 0 Å².